The third-order valence-electron chi connectivity index (χ3n) is 3.91. The zero-order valence-electron chi connectivity index (χ0n) is 14.3. The van der Waals surface area contributed by atoms with Gasteiger partial charge in [0.2, 0.25) is 0 Å². The molecule has 4 nitrogen and oxygen atoms in total. The van der Waals surface area contributed by atoms with Gasteiger partial charge in [0, 0.05) is 5.92 Å². The summed E-state index contributed by atoms with van der Waals surface area (Å²) in [4.78, 5) is 10.9. The number of ether oxygens (including phenoxy) is 3. The van der Waals surface area contributed by atoms with Gasteiger partial charge < -0.3 is 14.2 Å². The van der Waals surface area contributed by atoms with Crippen molar-refractivity contribution in [2.75, 3.05) is 6.61 Å². The minimum Gasteiger partial charge on any atom is -0.370 e. The highest BCUT2D eigenvalue weighted by Crippen LogP contribution is 2.29. The van der Waals surface area contributed by atoms with Crippen LogP contribution in [-0.2, 0) is 25.6 Å². The number of rotatable bonds is 7. The summed E-state index contributed by atoms with van der Waals surface area (Å²) in [6, 6.07) is 10.0. The van der Waals surface area contributed by atoms with Crippen LogP contribution in [0.25, 0.3) is 0 Å². The van der Waals surface area contributed by atoms with Crippen LogP contribution in [0, 0.1) is 5.92 Å². The highest BCUT2D eigenvalue weighted by molar-refractivity contribution is 5.72. The first-order valence-electron chi connectivity index (χ1n) is 8.02. The van der Waals surface area contributed by atoms with Crippen LogP contribution in [0.15, 0.2) is 42.0 Å². The Morgan fingerprint density at radius 2 is 2.09 bits per heavy atom. The Bertz CT molecular complexity index is 536. The summed E-state index contributed by atoms with van der Waals surface area (Å²) < 4.78 is 17.8. The Balaban J connectivity index is 2.09. The molecule has 0 saturated carbocycles. The molecule has 2 rings (SSSR count). The molecule has 1 heterocycles. The predicted molar refractivity (Wildman–Crippen MR) is 88.9 cm³/mol. The van der Waals surface area contributed by atoms with Crippen LogP contribution in [-0.4, -0.2) is 30.9 Å². The molecule has 23 heavy (non-hydrogen) atoms. The summed E-state index contributed by atoms with van der Waals surface area (Å²) in [6.07, 6.45) is 2.46. The molecule has 1 aromatic rings. The van der Waals surface area contributed by atoms with Crippen LogP contribution in [0.5, 0.6) is 0 Å². The zero-order chi connectivity index (χ0) is 16.9. The van der Waals surface area contributed by atoms with Crippen LogP contribution >= 0.6 is 0 Å². The third-order valence-corrected chi connectivity index (χ3v) is 3.91. The van der Waals surface area contributed by atoms with Gasteiger partial charge in [-0.15, -0.1) is 0 Å². The van der Waals surface area contributed by atoms with E-state index in [9.17, 15) is 4.79 Å². The number of aldehydes is 1. The second kappa shape index (κ2) is 7.86. The number of allylic oxidation sites excluding steroid dienone is 1. The van der Waals surface area contributed by atoms with Crippen molar-refractivity contribution in [3.63, 3.8) is 0 Å². The number of carbonyl (C=O) groups is 1. The van der Waals surface area contributed by atoms with Crippen LogP contribution in [0.4, 0.5) is 0 Å². The number of hydrogen-bond acceptors (Lipinski definition) is 4. The van der Waals surface area contributed by atoms with Crippen molar-refractivity contribution in [3.05, 3.63) is 47.5 Å². The van der Waals surface area contributed by atoms with Gasteiger partial charge in [-0.05, 0) is 31.9 Å². The first-order valence-corrected chi connectivity index (χ1v) is 8.02. The van der Waals surface area contributed by atoms with Crippen molar-refractivity contribution in [1.29, 1.82) is 0 Å². The SMILES string of the molecule is C/C(C=O)=C/[C@@H](C)[C@H](OCc1ccccc1)[C@H]1COC(C)(C)O1. The minimum atomic E-state index is -0.595. The van der Waals surface area contributed by atoms with E-state index < -0.39 is 5.79 Å². The van der Waals surface area contributed by atoms with E-state index in [4.69, 9.17) is 14.2 Å². The molecule has 1 saturated heterocycles. The first kappa shape index (κ1) is 17.9. The van der Waals surface area contributed by atoms with Gasteiger partial charge in [-0.1, -0.05) is 43.3 Å². The fourth-order valence-electron chi connectivity index (χ4n) is 2.79. The van der Waals surface area contributed by atoms with Crippen LogP contribution < -0.4 is 0 Å². The van der Waals surface area contributed by atoms with Gasteiger partial charge in [0.05, 0.1) is 19.3 Å². The zero-order valence-corrected chi connectivity index (χ0v) is 14.3. The van der Waals surface area contributed by atoms with Crippen molar-refractivity contribution in [1.82, 2.24) is 0 Å². The molecular formula is C19H26O4. The Kier molecular flexibility index (Phi) is 6.10. The van der Waals surface area contributed by atoms with E-state index in [0.29, 0.717) is 18.8 Å². The Morgan fingerprint density at radius 3 is 2.65 bits per heavy atom. The molecule has 1 fully saturated rings. The van der Waals surface area contributed by atoms with Gasteiger partial charge >= 0.3 is 0 Å². The smallest absolute Gasteiger partial charge is 0.163 e. The van der Waals surface area contributed by atoms with Crippen molar-refractivity contribution >= 4 is 6.29 Å². The van der Waals surface area contributed by atoms with Crippen molar-refractivity contribution in [2.45, 2.75) is 52.3 Å². The largest absolute Gasteiger partial charge is 0.370 e. The molecule has 1 aromatic carbocycles. The van der Waals surface area contributed by atoms with Crippen LogP contribution in [0.2, 0.25) is 0 Å². The fraction of sp³-hybridized carbons (Fsp3) is 0.526. The van der Waals surface area contributed by atoms with Gasteiger partial charge in [0.1, 0.15) is 12.4 Å². The lowest BCUT2D eigenvalue weighted by molar-refractivity contribution is -0.161. The van der Waals surface area contributed by atoms with Gasteiger partial charge in [0.15, 0.2) is 5.79 Å². The monoisotopic (exact) mass is 318 g/mol. The molecule has 0 aliphatic carbocycles. The average molecular weight is 318 g/mol. The van der Waals surface area contributed by atoms with E-state index >= 15 is 0 Å². The quantitative estimate of drug-likeness (QED) is 0.570. The Hall–Kier alpha value is -1.49. The Labute approximate surface area is 138 Å². The second-order valence-corrected chi connectivity index (χ2v) is 6.52. The molecule has 0 spiro atoms. The van der Waals surface area contributed by atoms with E-state index in [-0.39, 0.29) is 18.1 Å². The molecule has 0 N–H and O–H groups in total. The summed E-state index contributed by atoms with van der Waals surface area (Å²) in [5.74, 6) is -0.547. The summed E-state index contributed by atoms with van der Waals surface area (Å²) >= 11 is 0. The molecule has 0 aromatic heterocycles. The molecule has 3 atom stereocenters. The number of hydrogen-bond donors (Lipinski definition) is 0. The minimum absolute atomic E-state index is 0.0476. The van der Waals surface area contributed by atoms with Crippen LogP contribution in [0.1, 0.15) is 33.3 Å². The number of benzene rings is 1. The molecule has 4 heteroatoms. The maximum Gasteiger partial charge on any atom is 0.163 e. The van der Waals surface area contributed by atoms with E-state index in [1.54, 1.807) is 6.92 Å². The molecule has 126 valence electrons. The topological polar surface area (TPSA) is 44.8 Å². The normalized spacial score (nSPS) is 23.5. The van der Waals surface area contributed by atoms with E-state index in [2.05, 4.69) is 0 Å². The molecule has 0 bridgehead atoms. The predicted octanol–water partition coefficient (Wildman–Crippen LogP) is 3.50. The molecule has 1 aliphatic heterocycles. The lowest BCUT2D eigenvalue weighted by Crippen LogP contribution is -2.37. The van der Waals surface area contributed by atoms with Crippen molar-refractivity contribution < 1.29 is 19.0 Å². The molecule has 1 aliphatic rings. The van der Waals surface area contributed by atoms with Crippen molar-refractivity contribution in [2.24, 2.45) is 5.92 Å². The van der Waals surface area contributed by atoms with E-state index in [1.165, 1.54) is 0 Å². The number of carbonyl (C=O) groups excluding carboxylic acids is 1. The van der Waals surface area contributed by atoms with Crippen molar-refractivity contribution in [3.8, 4) is 0 Å². The fourth-order valence-corrected chi connectivity index (χ4v) is 2.79. The lowest BCUT2D eigenvalue weighted by Gasteiger charge is -2.28. The maximum atomic E-state index is 10.9. The molecule has 0 unspecified atom stereocenters. The van der Waals surface area contributed by atoms with E-state index in [0.717, 1.165) is 11.8 Å². The second-order valence-electron chi connectivity index (χ2n) is 6.52. The summed E-state index contributed by atoms with van der Waals surface area (Å²) in [5.41, 5.74) is 1.81. The maximum absolute atomic E-state index is 10.9. The van der Waals surface area contributed by atoms with Gasteiger partial charge in [-0.25, -0.2) is 0 Å². The van der Waals surface area contributed by atoms with Gasteiger partial charge in [0.25, 0.3) is 0 Å². The standard InChI is InChI=1S/C19H26O4/c1-14(11-20)10-15(2)18(17-13-22-19(3,4)23-17)21-12-16-8-6-5-7-9-16/h5-11,15,17-18H,12-13H2,1-4H3/b14-10-/t15-,17-,18+/m1/s1. The summed E-state index contributed by atoms with van der Waals surface area (Å²) in [6.45, 7) is 8.64. The van der Waals surface area contributed by atoms with Gasteiger partial charge in [-0.3, -0.25) is 4.79 Å². The van der Waals surface area contributed by atoms with Gasteiger partial charge in [-0.2, -0.15) is 0 Å². The van der Waals surface area contributed by atoms with Crippen LogP contribution in [0.3, 0.4) is 0 Å². The first-order chi connectivity index (χ1) is 10.9. The highest BCUT2D eigenvalue weighted by Gasteiger charge is 2.39. The van der Waals surface area contributed by atoms with E-state index in [1.807, 2.05) is 57.2 Å². The highest BCUT2D eigenvalue weighted by atomic mass is 16.7. The average Bonchev–Trinajstić information content (AvgIpc) is 2.88. The summed E-state index contributed by atoms with van der Waals surface area (Å²) in [7, 11) is 0. The Morgan fingerprint density at radius 1 is 1.39 bits per heavy atom. The third kappa shape index (κ3) is 5.27. The molecular weight excluding hydrogens is 292 g/mol. The lowest BCUT2D eigenvalue weighted by atomic mass is 9.97. The molecule has 0 amide bonds. The summed E-state index contributed by atoms with van der Waals surface area (Å²) in [5, 5.41) is 0. The molecule has 0 radical (unpaired) electrons.